The first-order valence-electron chi connectivity index (χ1n) is 9.74. The van der Waals surface area contributed by atoms with E-state index in [9.17, 15) is 23.9 Å². The van der Waals surface area contributed by atoms with Crippen molar-refractivity contribution < 1.29 is 19.1 Å². The minimum absolute atomic E-state index is 0.0262. The van der Waals surface area contributed by atoms with Crippen LogP contribution in [-0.2, 0) is 11.2 Å². The molecular weight excluding hydrogens is 437 g/mol. The minimum atomic E-state index is -1.09. The monoisotopic (exact) mass is 457 g/mol. The maximum atomic E-state index is 14.2. The van der Waals surface area contributed by atoms with Crippen LogP contribution in [0.5, 0.6) is 0 Å². The number of aromatic amines is 1. The van der Waals surface area contributed by atoms with Gasteiger partial charge in [0.25, 0.3) is 5.56 Å². The molecule has 0 radical (unpaired) electrons. The van der Waals surface area contributed by atoms with E-state index in [0.29, 0.717) is 11.1 Å². The normalized spacial score (nSPS) is 11.6. The van der Waals surface area contributed by atoms with Gasteiger partial charge in [-0.05, 0) is 36.2 Å². The van der Waals surface area contributed by atoms with Crippen molar-refractivity contribution in [1.82, 2.24) is 10.3 Å². The maximum Gasteiger partial charge on any atom is 0.319 e. The largest absolute Gasteiger partial charge is 0.481 e. The lowest BCUT2D eigenvalue weighted by molar-refractivity contribution is -0.137. The Hall–Kier alpha value is -3.65. The Morgan fingerprint density at radius 2 is 1.88 bits per heavy atom. The molecule has 0 fully saturated rings. The molecular formula is C23H21ClFN3O4. The fraction of sp³-hybridized carbons (Fsp3) is 0.174. The number of aliphatic carboxylic acids is 1. The van der Waals surface area contributed by atoms with E-state index < -0.39 is 29.4 Å². The number of carbonyl (C=O) groups is 2. The summed E-state index contributed by atoms with van der Waals surface area (Å²) < 4.78 is 14.2. The van der Waals surface area contributed by atoms with Gasteiger partial charge in [0.15, 0.2) is 0 Å². The molecule has 3 rings (SSSR count). The van der Waals surface area contributed by atoms with E-state index >= 15 is 0 Å². The molecule has 2 aromatic carbocycles. The zero-order valence-electron chi connectivity index (χ0n) is 17.1. The maximum absolute atomic E-state index is 14.2. The third kappa shape index (κ3) is 5.73. The Labute approximate surface area is 188 Å². The molecule has 7 nitrogen and oxygen atoms in total. The summed E-state index contributed by atoms with van der Waals surface area (Å²) in [6.07, 6.45) is 1.01. The van der Waals surface area contributed by atoms with Crippen LogP contribution in [-0.4, -0.2) is 22.1 Å². The summed E-state index contributed by atoms with van der Waals surface area (Å²) in [7, 11) is 0. The predicted octanol–water partition coefficient (Wildman–Crippen LogP) is 4.40. The summed E-state index contributed by atoms with van der Waals surface area (Å²) in [5.41, 5.74) is 1.46. The molecule has 0 spiro atoms. The first-order chi connectivity index (χ1) is 15.2. The quantitative estimate of drug-likeness (QED) is 0.421. The Kier molecular flexibility index (Phi) is 7.27. The molecule has 4 N–H and O–H groups in total. The number of amides is 2. The molecule has 0 bridgehead atoms. The number of rotatable bonds is 7. The number of urea groups is 1. The number of hydrogen-bond donors (Lipinski definition) is 4. The molecule has 1 atom stereocenters. The summed E-state index contributed by atoms with van der Waals surface area (Å²) in [6, 6.07) is 11.3. The van der Waals surface area contributed by atoms with Crippen LogP contribution in [0.3, 0.4) is 0 Å². The zero-order valence-corrected chi connectivity index (χ0v) is 17.9. The number of aromatic nitrogens is 1. The van der Waals surface area contributed by atoms with Crippen LogP contribution in [0.4, 0.5) is 14.9 Å². The van der Waals surface area contributed by atoms with Crippen molar-refractivity contribution in [2.45, 2.75) is 25.8 Å². The molecule has 166 valence electrons. The van der Waals surface area contributed by atoms with Crippen LogP contribution >= 0.6 is 11.6 Å². The van der Waals surface area contributed by atoms with Crippen molar-refractivity contribution in [3.63, 3.8) is 0 Å². The van der Waals surface area contributed by atoms with E-state index in [2.05, 4.69) is 15.6 Å². The van der Waals surface area contributed by atoms with E-state index in [1.165, 1.54) is 30.5 Å². The summed E-state index contributed by atoms with van der Waals surface area (Å²) in [6.45, 7) is 1.89. The second kappa shape index (κ2) is 10.1. The first kappa shape index (κ1) is 23.0. The van der Waals surface area contributed by atoms with Crippen molar-refractivity contribution >= 4 is 29.3 Å². The highest BCUT2D eigenvalue weighted by Gasteiger charge is 2.20. The second-order valence-corrected chi connectivity index (χ2v) is 7.65. The molecule has 3 aromatic rings. The predicted molar refractivity (Wildman–Crippen MR) is 120 cm³/mol. The number of nitrogens with one attached hydrogen (secondary N) is 3. The Morgan fingerprint density at radius 1 is 1.16 bits per heavy atom. The number of halogens is 2. The fourth-order valence-electron chi connectivity index (χ4n) is 3.23. The van der Waals surface area contributed by atoms with Gasteiger partial charge in [-0.3, -0.25) is 9.59 Å². The molecule has 0 saturated carbocycles. The van der Waals surface area contributed by atoms with Crippen molar-refractivity contribution in [1.29, 1.82) is 0 Å². The van der Waals surface area contributed by atoms with Gasteiger partial charge in [0.2, 0.25) is 0 Å². The number of pyridine rings is 1. The topological polar surface area (TPSA) is 111 Å². The van der Waals surface area contributed by atoms with Crippen LogP contribution in [0.25, 0.3) is 0 Å². The van der Waals surface area contributed by atoms with Gasteiger partial charge in [0, 0.05) is 23.2 Å². The number of carbonyl (C=O) groups excluding carboxylic acids is 1. The summed E-state index contributed by atoms with van der Waals surface area (Å²) >= 11 is 6.09. The molecule has 2 amide bonds. The molecule has 9 heteroatoms. The molecule has 0 saturated heterocycles. The average molecular weight is 458 g/mol. The number of hydrogen-bond acceptors (Lipinski definition) is 3. The zero-order chi connectivity index (χ0) is 23.3. The van der Waals surface area contributed by atoms with Gasteiger partial charge in [-0.2, -0.15) is 0 Å². The summed E-state index contributed by atoms with van der Waals surface area (Å²) in [5, 5.41) is 14.5. The van der Waals surface area contributed by atoms with Crippen LogP contribution in [0, 0.1) is 12.7 Å². The lowest BCUT2D eigenvalue weighted by Crippen LogP contribution is -2.35. The lowest BCUT2D eigenvalue weighted by Gasteiger charge is -2.19. The molecule has 32 heavy (non-hydrogen) atoms. The van der Waals surface area contributed by atoms with Crippen molar-refractivity contribution in [3.8, 4) is 0 Å². The molecule has 0 aliphatic carbocycles. The van der Waals surface area contributed by atoms with Crippen molar-refractivity contribution in [2.24, 2.45) is 0 Å². The Morgan fingerprint density at radius 3 is 2.53 bits per heavy atom. The number of aryl methyl sites for hydroxylation is 1. The molecule has 1 heterocycles. The molecule has 0 aliphatic heterocycles. The van der Waals surface area contributed by atoms with E-state index in [1.54, 1.807) is 12.1 Å². The standard InChI is InChI=1S/C23H21ClFN3O4/c1-13-5-7-14(8-6-13)19(12-20(29)30)27-23(32)28-21-15(9-10-26-22(21)31)11-16-17(24)3-2-4-18(16)25/h2-10,19H,11-12H2,1H3,(H,26,31)(H,29,30)(H2,27,28,32)/t19-/m0/s1. The number of H-pyrrole nitrogens is 1. The Bertz CT molecular complexity index is 1170. The van der Waals surface area contributed by atoms with Gasteiger partial charge in [0.05, 0.1) is 12.5 Å². The SMILES string of the molecule is Cc1ccc([C@H](CC(=O)O)NC(=O)Nc2c(Cc3c(F)cccc3Cl)cc[nH]c2=O)cc1. The number of anilines is 1. The van der Waals surface area contributed by atoms with Crippen LogP contribution in [0.2, 0.25) is 5.02 Å². The van der Waals surface area contributed by atoms with Crippen molar-refractivity contribution in [2.75, 3.05) is 5.32 Å². The van der Waals surface area contributed by atoms with E-state index in [-0.39, 0.29) is 29.1 Å². The number of carboxylic acid groups (broad SMARTS) is 1. The highest BCUT2D eigenvalue weighted by Crippen LogP contribution is 2.24. The lowest BCUT2D eigenvalue weighted by atomic mass is 10.0. The fourth-order valence-corrected chi connectivity index (χ4v) is 3.46. The number of carboxylic acids is 1. The van der Waals surface area contributed by atoms with Crippen molar-refractivity contribution in [3.05, 3.63) is 98.2 Å². The van der Waals surface area contributed by atoms with Crippen LogP contribution in [0.15, 0.2) is 59.5 Å². The van der Waals surface area contributed by atoms with Gasteiger partial charge in [0.1, 0.15) is 11.5 Å². The number of benzene rings is 2. The van der Waals surface area contributed by atoms with Crippen LogP contribution in [0.1, 0.15) is 34.7 Å². The second-order valence-electron chi connectivity index (χ2n) is 7.24. The van der Waals surface area contributed by atoms with Gasteiger partial charge in [-0.25, -0.2) is 9.18 Å². The van der Waals surface area contributed by atoms with Crippen LogP contribution < -0.4 is 16.2 Å². The van der Waals surface area contributed by atoms with E-state index in [1.807, 2.05) is 19.1 Å². The molecule has 1 aromatic heterocycles. The molecule has 0 aliphatic rings. The third-order valence-electron chi connectivity index (χ3n) is 4.88. The Balaban J connectivity index is 1.84. The van der Waals surface area contributed by atoms with Gasteiger partial charge < -0.3 is 20.7 Å². The minimum Gasteiger partial charge on any atom is -0.481 e. The van der Waals surface area contributed by atoms with E-state index in [0.717, 1.165) is 5.56 Å². The first-order valence-corrected chi connectivity index (χ1v) is 10.1. The molecule has 0 unspecified atom stereocenters. The smallest absolute Gasteiger partial charge is 0.319 e. The van der Waals surface area contributed by atoms with Gasteiger partial charge in [-0.15, -0.1) is 0 Å². The van der Waals surface area contributed by atoms with E-state index in [4.69, 9.17) is 11.6 Å². The van der Waals surface area contributed by atoms with Gasteiger partial charge in [-0.1, -0.05) is 47.5 Å². The highest BCUT2D eigenvalue weighted by molar-refractivity contribution is 6.31. The summed E-state index contributed by atoms with van der Waals surface area (Å²) in [5.74, 6) is -1.63. The van der Waals surface area contributed by atoms with Gasteiger partial charge >= 0.3 is 12.0 Å². The average Bonchev–Trinajstić information content (AvgIpc) is 2.73. The third-order valence-corrected chi connectivity index (χ3v) is 5.23. The summed E-state index contributed by atoms with van der Waals surface area (Å²) in [4.78, 5) is 38.8. The highest BCUT2D eigenvalue weighted by atomic mass is 35.5.